The van der Waals surface area contributed by atoms with Crippen molar-refractivity contribution in [3.05, 3.63) is 102 Å². The van der Waals surface area contributed by atoms with Crippen molar-refractivity contribution in [1.29, 1.82) is 0 Å². The van der Waals surface area contributed by atoms with Crippen LogP contribution in [-0.4, -0.2) is 10.5 Å². The maximum Gasteiger partial charge on any atom is 0.249 e. The Balaban J connectivity index is 1.74. The predicted molar refractivity (Wildman–Crippen MR) is 112 cm³/mol. The first kappa shape index (κ1) is 16.9. The molecule has 132 valence electrons. The molecule has 0 atom stereocenters. The SMILES string of the molecule is Cc1c(NC(=O)/C=C/c2ccccc2)n(-c2ccccc2)c2ccccc12. The summed E-state index contributed by atoms with van der Waals surface area (Å²) >= 11 is 0. The second-order valence-electron chi connectivity index (χ2n) is 6.39. The molecule has 0 radical (unpaired) electrons. The highest BCUT2D eigenvalue weighted by atomic mass is 16.1. The normalized spacial score (nSPS) is 11.1. The Morgan fingerprint density at radius 1 is 0.852 bits per heavy atom. The molecule has 1 amide bonds. The maximum absolute atomic E-state index is 12.6. The molecule has 3 heteroatoms. The molecule has 0 saturated heterocycles. The lowest BCUT2D eigenvalue weighted by molar-refractivity contribution is -0.111. The third-order valence-electron chi connectivity index (χ3n) is 4.61. The minimum absolute atomic E-state index is 0.151. The van der Waals surface area contributed by atoms with E-state index in [1.165, 1.54) is 0 Å². The summed E-state index contributed by atoms with van der Waals surface area (Å²) in [5.41, 5.74) is 4.14. The van der Waals surface area contributed by atoms with Crippen molar-refractivity contribution < 1.29 is 4.79 Å². The number of nitrogens with zero attached hydrogens (tertiary/aromatic N) is 1. The number of rotatable bonds is 4. The second kappa shape index (κ2) is 7.34. The van der Waals surface area contributed by atoms with Crippen molar-refractivity contribution in [1.82, 2.24) is 4.57 Å². The number of aromatic nitrogens is 1. The first-order chi connectivity index (χ1) is 13.2. The number of para-hydroxylation sites is 2. The van der Waals surface area contributed by atoms with Crippen molar-refractivity contribution in [2.75, 3.05) is 5.32 Å². The van der Waals surface area contributed by atoms with Gasteiger partial charge in [-0.2, -0.15) is 0 Å². The number of carbonyl (C=O) groups excluding carboxylic acids is 1. The standard InChI is InChI=1S/C24H20N2O/c1-18-21-14-8-9-15-22(21)26(20-12-6-3-7-13-20)24(18)25-23(27)17-16-19-10-4-2-5-11-19/h2-17H,1H3,(H,25,27)/b17-16+. The smallest absolute Gasteiger partial charge is 0.249 e. The Kier molecular flexibility index (Phi) is 4.58. The zero-order chi connectivity index (χ0) is 18.6. The van der Waals surface area contributed by atoms with Gasteiger partial charge in [-0.05, 0) is 42.3 Å². The first-order valence-electron chi connectivity index (χ1n) is 8.93. The largest absolute Gasteiger partial charge is 0.308 e. The number of aryl methyl sites for hydroxylation is 1. The van der Waals surface area contributed by atoms with Crippen molar-refractivity contribution in [3.63, 3.8) is 0 Å². The lowest BCUT2D eigenvalue weighted by atomic mass is 10.2. The summed E-state index contributed by atoms with van der Waals surface area (Å²) in [6, 6.07) is 28.1. The Bertz CT molecular complexity index is 1110. The summed E-state index contributed by atoms with van der Waals surface area (Å²) < 4.78 is 2.10. The van der Waals surface area contributed by atoms with Crippen molar-refractivity contribution in [2.24, 2.45) is 0 Å². The van der Waals surface area contributed by atoms with Crippen LogP contribution in [0.15, 0.2) is 91.0 Å². The van der Waals surface area contributed by atoms with Crippen molar-refractivity contribution in [3.8, 4) is 5.69 Å². The van der Waals surface area contributed by atoms with E-state index in [1.54, 1.807) is 6.08 Å². The quantitative estimate of drug-likeness (QED) is 0.477. The summed E-state index contributed by atoms with van der Waals surface area (Å²) in [5, 5.41) is 4.20. The van der Waals surface area contributed by atoms with Crippen LogP contribution in [0.5, 0.6) is 0 Å². The number of nitrogens with one attached hydrogen (secondary N) is 1. The van der Waals surface area contributed by atoms with E-state index in [2.05, 4.69) is 22.0 Å². The van der Waals surface area contributed by atoms with Crippen LogP contribution >= 0.6 is 0 Å². The molecular formula is C24H20N2O. The lowest BCUT2D eigenvalue weighted by Gasteiger charge is -2.12. The van der Waals surface area contributed by atoms with E-state index in [0.717, 1.165) is 33.5 Å². The van der Waals surface area contributed by atoms with Crippen LogP contribution in [-0.2, 0) is 4.79 Å². The van der Waals surface area contributed by atoms with Gasteiger partial charge in [0.15, 0.2) is 0 Å². The average molecular weight is 352 g/mol. The highest BCUT2D eigenvalue weighted by Crippen LogP contribution is 2.32. The highest BCUT2D eigenvalue weighted by Gasteiger charge is 2.16. The number of hydrogen-bond acceptors (Lipinski definition) is 1. The van der Waals surface area contributed by atoms with E-state index in [9.17, 15) is 4.79 Å². The Hall–Kier alpha value is -3.59. The Labute approximate surface area is 158 Å². The van der Waals surface area contributed by atoms with E-state index < -0.39 is 0 Å². The molecule has 0 aliphatic carbocycles. The van der Waals surface area contributed by atoms with Crippen LogP contribution in [0.2, 0.25) is 0 Å². The van der Waals surface area contributed by atoms with Crippen molar-refractivity contribution >= 4 is 28.7 Å². The maximum atomic E-state index is 12.6. The van der Waals surface area contributed by atoms with Gasteiger partial charge in [-0.25, -0.2) is 0 Å². The molecule has 3 nitrogen and oxygen atoms in total. The molecule has 0 bridgehead atoms. The number of fused-ring (bicyclic) bond motifs is 1. The fourth-order valence-corrected chi connectivity index (χ4v) is 3.29. The highest BCUT2D eigenvalue weighted by molar-refractivity contribution is 6.04. The number of benzene rings is 3. The number of amides is 1. The molecule has 0 unspecified atom stereocenters. The average Bonchev–Trinajstić information content (AvgIpc) is 3.00. The molecule has 0 fully saturated rings. The molecule has 1 aromatic heterocycles. The lowest BCUT2D eigenvalue weighted by Crippen LogP contribution is -2.12. The molecule has 0 aliphatic rings. The van der Waals surface area contributed by atoms with Crippen LogP contribution in [0.25, 0.3) is 22.7 Å². The minimum atomic E-state index is -0.151. The fourth-order valence-electron chi connectivity index (χ4n) is 3.29. The van der Waals surface area contributed by atoms with Gasteiger partial charge >= 0.3 is 0 Å². The molecule has 0 spiro atoms. The first-order valence-corrected chi connectivity index (χ1v) is 8.93. The molecule has 0 aliphatic heterocycles. The monoisotopic (exact) mass is 352 g/mol. The predicted octanol–water partition coefficient (Wildman–Crippen LogP) is 5.59. The van der Waals surface area contributed by atoms with Gasteiger partial charge in [0.2, 0.25) is 5.91 Å². The number of carbonyl (C=O) groups is 1. The molecule has 3 aromatic carbocycles. The van der Waals surface area contributed by atoms with Gasteiger partial charge in [0.05, 0.1) is 5.52 Å². The minimum Gasteiger partial charge on any atom is -0.308 e. The van der Waals surface area contributed by atoms with Gasteiger partial charge in [-0.1, -0.05) is 66.7 Å². The molecule has 4 aromatic rings. The zero-order valence-corrected chi connectivity index (χ0v) is 15.1. The molecular weight excluding hydrogens is 332 g/mol. The third-order valence-corrected chi connectivity index (χ3v) is 4.61. The van der Waals surface area contributed by atoms with Crippen LogP contribution in [0.1, 0.15) is 11.1 Å². The van der Waals surface area contributed by atoms with Gasteiger partial charge in [0, 0.05) is 17.1 Å². The zero-order valence-electron chi connectivity index (χ0n) is 15.1. The van der Waals surface area contributed by atoms with E-state index in [-0.39, 0.29) is 5.91 Å². The second-order valence-corrected chi connectivity index (χ2v) is 6.39. The topological polar surface area (TPSA) is 34.0 Å². The van der Waals surface area contributed by atoms with Crippen LogP contribution in [0.4, 0.5) is 5.82 Å². The molecule has 1 heterocycles. The summed E-state index contributed by atoms with van der Waals surface area (Å²) in [6.45, 7) is 2.04. The fraction of sp³-hybridized carbons (Fsp3) is 0.0417. The van der Waals surface area contributed by atoms with Gasteiger partial charge < -0.3 is 5.32 Å². The summed E-state index contributed by atoms with van der Waals surface area (Å²) in [6.07, 6.45) is 3.39. The Morgan fingerprint density at radius 2 is 1.48 bits per heavy atom. The van der Waals surface area contributed by atoms with Crippen LogP contribution in [0.3, 0.4) is 0 Å². The van der Waals surface area contributed by atoms with Crippen LogP contribution < -0.4 is 5.32 Å². The number of anilines is 1. The van der Waals surface area contributed by atoms with E-state index in [0.29, 0.717) is 0 Å². The molecule has 1 N–H and O–H groups in total. The van der Waals surface area contributed by atoms with E-state index in [1.807, 2.05) is 85.8 Å². The summed E-state index contributed by atoms with van der Waals surface area (Å²) in [7, 11) is 0. The summed E-state index contributed by atoms with van der Waals surface area (Å²) in [4.78, 5) is 12.6. The molecule has 4 rings (SSSR count). The van der Waals surface area contributed by atoms with Gasteiger partial charge in [0.25, 0.3) is 0 Å². The van der Waals surface area contributed by atoms with Crippen molar-refractivity contribution in [2.45, 2.75) is 6.92 Å². The van der Waals surface area contributed by atoms with Gasteiger partial charge in [0.1, 0.15) is 5.82 Å². The van der Waals surface area contributed by atoms with Crippen LogP contribution in [0, 0.1) is 6.92 Å². The van der Waals surface area contributed by atoms with Gasteiger partial charge in [-0.15, -0.1) is 0 Å². The third kappa shape index (κ3) is 3.40. The van der Waals surface area contributed by atoms with E-state index in [4.69, 9.17) is 0 Å². The van der Waals surface area contributed by atoms with Gasteiger partial charge in [-0.3, -0.25) is 9.36 Å². The molecule has 27 heavy (non-hydrogen) atoms. The molecule has 0 saturated carbocycles. The summed E-state index contributed by atoms with van der Waals surface area (Å²) in [5.74, 6) is 0.645. The number of hydrogen-bond donors (Lipinski definition) is 1. The Morgan fingerprint density at radius 3 is 2.22 bits per heavy atom. The van der Waals surface area contributed by atoms with E-state index >= 15 is 0 Å².